The van der Waals surface area contributed by atoms with Crippen molar-refractivity contribution in [1.29, 1.82) is 0 Å². The van der Waals surface area contributed by atoms with Crippen molar-refractivity contribution in [1.82, 2.24) is 5.32 Å². The summed E-state index contributed by atoms with van der Waals surface area (Å²) in [4.78, 5) is 0. The third-order valence-corrected chi connectivity index (χ3v) is 2.45. The van der Waals surface area contributed by atoms with E-state index in [0.29, 0.717) is 12.6 Å². The molecule has 1 aromatic rings. The average Bonchev–Trinajstić information content (AvgIpc) is 2.25. The van der Waals surface area contributed by atoms with E-state index >= 15 is 0 Å². The molecule has 1 aromatic carbocycles. The second-order valence-corrected chi connectivity index (χ2v) is 4.58. The van der Waals surface area contributed by atoms with Gasteiger partial charge in [-0.3, -0.25) is 0 Å². The first kappa shape index (κ1) is 13.5. The molecule has 0 unspecified atom stereocenters. The van der Waals surface area contributed by atoms with E-state index in [2.05, 4.69) is 19.2 Å². The van der Waals surface area contributed by atoms with Crippen LogP contribution in [-0.4, -0.2) is 19.2 Å². The third kappa shape index (κ3) is 6.11. The first-order chi connectivity index (χ1) is 7.68. The van der Waals surface area contributed by atoms with Crippen molar-refractivity contribution >= 4 is 11.6 Å². The lowest BCUT2D eigenvalue weighted by Gasteiger charge is -2.08. The molecule has 0 fully saturated rings. The number of nitrogens with one attached hydrogen (secondary N) is 1. The van der Waals surface area contributed by atoms with Gasteiger partial charge in [-0.1, -0.05) is 37.6 Å². The second-order valence-electron chi connectivity index (χ2n) is 4.14. The van der Waals surface area contributed by atoms with Gasteiger partial charge < -0.3 is 10.1 Å². The van der Waals surface area contributed by atoms with E-state index in [1.165, 1.54) is 5.56 Å². The minimum Gasteiger partial charge on any atom is -0.377 e. The van der Waals surface area contributed by atoms with Crippen LogP contribution in [-0.2, 0) is 11.3 Å². The molecule has 0 aliphatic carbocycles. The molecule has 0 spiro atoms. The normalized spacial score (nSPS) is 11.0. The van der Waals surface area contributed by atoms with Gasteiger partial charge in [0.15, 0.2) is 0 Å². The van der Waals surface area contributed by atoms with Crippen molar-refractivity contribution in [2.45, 2.75) is 32.9 Å². The lowest BCUT2D eigenvalue weighted by molar-refractivity contribution is 0.118. The van der Waals surface area contributed by atoms with E-state index < -0.39 is 0 Å². The summed E-state index contributed by atoms with van der Waals surface area (Å²) in [5.41, 5.74) is 1.17. The molecule has 90 valence electrons. The predicted octanol–water partition coefficient (Wildman–Crippen LogP) is 3.24. The van der Waals surface area contributed by atoms with Gasteiger partial charge in [-0.25, -0.2) is 0 Å². The quantitative estimate of drug-likeness (QED) is 0.740. The van der Waals surface area contributed by atoms with Crippen LogP contribution in [0.15, 0.2) is 24.3 Å². The number of hydrogen-bond donors (Lipinski definition) is 1. The highest BCUT2D eigenvalue weighted by atomic mass is 35.5. The summed E-state index contributed by atoms with van der Waals surface area (Å²) >= 11 is 5.79. The largest absolute Gasteiger partial charge is 0.377 e. The van der Waals surface area contributed by atoms with Gasteiger partial charge in [0.1, 0.15) is 0 Å². The zero-order valence-electron chi connectivity index (χ0n) is 10.0. The van der Waals surface area contributed by atoms with Crippen LogP contribution < -0.4 is 5.32 Å². The molecule has 0 aliphatic rings. The van der Waals surface area contributed by atoms with Crippen molar-refractivity contribution in [3.8, 4) is 0 Å². The van der Waals surface area contributed by atoms with Gasteiger partial charge in [0, 0.05) is 17.7 Å². The lowest BCUT2D eigenvalue weighted by atomic mass is 10.2. The molecule has 3 heteroatoms. The number of benzene rings is 1. The molecule has 0 amide bonds. The summed E-state index contributed by atoms with van der Waals surface area (Å²) in [6, 6.07) is 8.32. The fourth-order valence-corrected chi connectivity index (χ4v) is 1.46. The Morgan fingerprint density at radius 3 is 2.56 bits per heavy atom. The van der Waals surface area contributed by atoms with Gasteiger partial charge in [0.05, 0.1) is 6.61 Å². The monoisotopic (exact) mass is 241 g/mol. The minimum absolute atomic E-state index is 0.552. The molecule has 0 saturated heterocycles. The number of halogens is 1. The Morgan fingerprint density at radius 1 is 1.25 bits per heavy atom. The second kappa shape index (κ2) is 7.66. The Labute approximate surface area is 103 Å². The Kier molecular flexibility index (Phi) is 6.46. The number of ether oxygens (including phenoxy) is 1. The van der Waals surface area contributed by atoms with Crippen LogP contribution in [0.2, 0.25) is 5.02 Å². The van der Waals surface area contributed by atoms with Crippen molar-refractivity contribution in [3.05, 3.63) is 34.9 Å². The van der Waals surface area contributed by atoms with E-state index in [9.17, 15) is 0 Å². The van der Waals surface area contributed by atoms with Crippen LogP contribution in [0.3, 0.4) is 0 Å². The summed E-state index contributed by atoms with van der Waals surface area (Å²) in [6.07, 6.45) is 1.05. The van der Waals surface area contributed by atoms with Crippen molar-refractivity contribution in [2.75, 3.05) is 13.2 Å². The molecule has 2 nitrogen and oxygen atoms in total. The third-order valence-electron chi connectivity index (χ3n) is 2.20. The van der Waals surface area contributed by atoms with Crippen LogP contribution in [0.4, 0.5) is 0 Å². The molecule has 0 heterocycles. The van der Waals surface area contributed by atoms with Crippen molar-refractivity contribution in [2.24, 2.45) is 0 Å². The van der Waals surface area contributed by atoms with Crippen LogP contribution >= 0.6 is 11.6 Å². The fraction of sp³-hybridized carbons (Fsp3) is 0.538. The topological polar surface area (TPSA) is 21.3 Å². The molecule has 1 N–H and O–H groups in total. The van der Waals surface area contributed by atoms with Gasteiger partial charge in [-0.15, -0.1) is 0 Å². The smallest absolute Gasteiger partial charge is 0.0716 e. The highest BCUT2D eigenvalue weighted by Gasteiger charge is 1.95. The van der Waals surface area contributed by atoms with Crippen LogP contribution in [0, 0.1) is 0 Å². The Morgan fingerprint density at radius 2 is 1.94 bits per heavy atom. The maximum absolute atomic E-state index is 5.79. The minimum atomic E-state index is 0.552. The van der Waals surface area contributed by atoms with E-state index in [0.717, 1.165) is 24.6 Å². The summed E-state index contributed by atoms with van der Waals surface area (Å²) in [6.45, 7) is 6.77. The van der Waals surface area contributed by atoms with Crippen molar-refractivity contribution < 1.29 is 4.74 Å². The zero-order valence-corrected chi connectivity index (χ0v) is 10.8. The fourth-order valence-electron chi connectivity index (χ4n) is 1.34. The SMILES string of the molecule is CC(C)NCCCOCc1ccc(Cl)cc1. The summed E-state index contributed by atoms with van der Waals surface area (Å²) in [5.74, 6) is 0. The Hall–Kier alpha value is -0.570. The average molecular weight is 242 g/mol. The predicted molar refractivity (Wildman–Crippen MR) is 68.9 cm³/mol. The van der Waals surface area contributed by atoms with Gasteiger partial charge >= 0.3 is 0 Å². The molecule has 0 radical (unpaired) electrons. The Balaban J connectivity index is 2.05. The van der Waals surface area contributed by atoms with Crippen molar-refractivity contribution in [3.63, 3.8) is 0 Å². The standard InChI is InChI=1S/C13H20ClNO/c1-11(2)15-8-3-9-16-10-12-4-6-13(14)7-5-12/h4-7,11,15H,3,8-10H2,1-2H3. The highest BCUT2D eigenvalue weighted by molar-refractivity contribution is 6.30. The maximum Gasteiger partial charge on any atom is 0.0716 e. The molecule has 1 rings (SSSR count). The van der Waals surface area contributed by atoms with Crippen LogP contribution in [0.5, 0.6) is 0 Å². The Bertz CT molecular complexity index is 284. The van der Waals surface area contributed by atoms with Crippen LogP contribution in [0.1, 0.15) is 25.8 Å². The molecule has 0 saturated carbocycles. The van der Waals surface area contributed by atoms with Gasteiger partial charge in [-0.05, 0) is 30.7 Å². The molecule has 0 aliphatic heterocycles. The van der Waals surface area contributed by atoms with E-state index in [1.807, 2.05) is 24.3 Å². The first-order valence-corrected chi connectivity index (χ1v) is 6.12. The molecule has 0 atom stereocenters. The molecular formula is C13H20ClNO. The van der Waals surface area contributed by atoms with Crippen LogP contribution in [0.25, 0.3) is 0 Å². The summed E-state index contributed by atoms with van der Waals surface area (Å²) in [7, 11) is 0. The number of rotatable bonds is 7. The summed E-state index contributed by atoms with van der Waals surface area (Å²) in [5, 5.41) is 4.12. The van der Waals surface area contributed by atoms with E-state index in [1.54, 1.807) is 0 Å². The lowest BCUT2D eigenvalue weighted by Crippen LogP contribution is -2.24. The maximum atomic E-state index is 5.79. The zero-order chi connectivity index (χ0) is 11.8. The van der Waals surface area contributed by atoms with E-state index in [4.69, 9.17) is 16.3 Å². The van der Waals surface area contributed by atoms with Gasteiger partial charge in [0.25, 0.3) is 0 Å². The highest BCUT2D eigenvalue weighted by Crippen LogP contribution is 2.10. The first-order valence-electron chi connectivity index (χ1n) is 5.74. The number of hydrogen-bond acceptors (Lipinski definition) is 2. The summed E-state index contributed by atoms with van der Waals surface area (Å²) < 4.78 is 5.56. The van der Waals surface area contributed by atoms with Gasteiger partial charge in [0.2, 0.25) is 0 Å². The molecule has 0 aromatic heterocycles. The molecular weight excluding hydrogens is 222 g/mol. The molecule has 16 heavy (non-hydrogen) atoms. The van der Waals surface area contributed by atoms with E-state index in [-0.39, 0.29) is 0 Å². The molecule has 0 bridgehead atoms. The van der Waals surface area contributed by atoms with Gasteiger partial charge in [-0.2, -0.15) is 0 Å².